The van der Waals surface area contributed by atoms with Crippen molar-refractivity contribution in [1.82, 2.24) is 0 Å². The Morgan fingerprint density at radius 2 is 2.08 bits per heavy atom. The van der Waals surface area contributed by atoms with Gasteiger partial charge in [-0.15, -0.1) is 10.1 Å². The fraction of sp³-hybridized carbons (Fsp3) is 0.267. The van der Waals surface area contributed by atoms with Crippen LogP contribution in [0.3, 0.4) is 0 Å². The van der Waals surface area contributed by atoms with Gasteiger partial charge in [0.15, 0.2) is 17.0 Å². The van der Waals surface area contributed by atoms with E-state index in [9.17, 15) is 25.4 Å². The molecule has 0 radical (unpaired) electrons. The average Bonchev–Trinajstić information content (AvgIpc) is 2.59. The fourth-order valence-corrected chi connectivity index (χ4v) is 2.73. The van der Waals surface area contributed by atoms with Crippen LogP contribution in [0.5, 0.6) is 5.75 Å². The van der Waals surface area contributed by atoms with Crippen LogP contribution in [0.25, 0.3) is 0 Å². The quantitative estimate of drug-likeness (QED) is 0.339. The maximum Gasteiger partial charge on any atom is 0.294 e. The molecule has 1 aliphatic rings. The van der Waals surface area contributed by atoms with Crippen LogP contribution in [0.2, 0.25) is 0 Å². The number of pyridine rings is 1. The van der Waals surface area contributed by atoms with Gasteiger partial charge in [-0.3, -0.25) is 10.1 Å². The van der Waals surface area contributed by atoms with Gasteiger partial charge < -0.3 is 14.8 Å². The van der Waals surface area contributed by atoms with Crippen molar-refractivity contribution in [2.75, 3.05) is 18.1 Å². The number of hydrogen-bond donors (Lipinski definition) is 0. The van der Waals surface area contributed by atoms with Gasteiger partial charge in [-0.2, -0.15) is 0 Å². The van der Waals surface area contributed by atoms with Gasteiger partial charge in [-0.25, -0.2) is 9.63 Å². The van der Waals surface area contributed by atoms with Crippen molar-refractivity contribution in [3.63, 3.8) is 0 Å². The number of nitro groups is 1. The molecule has 0 N–H and O–H groups in total. The maximum atomic E-state index is 12.2. The van der Waals surface area contributed by atoms with E-state index in [0.29, 0.717) is 10.4 Å². The Bertz CT molecular complexity index is 875. The standard InChI is InChI=1S/C15H14N4O7/c1-15(10-25-19(23)24)9-16(14-4-2-3-7-17(14)20)12-8-11(18(21)22)5-6-13(12)26-15/h2-8H,9-10H2,1H3. The van der Waals surface area contributed by atoms with Crippen LogP contribution < -0.4 is 14.4 Å². The van der Waals surface area contributed by atoms with Crippen molar-refractivity contribution < 1.29 is 24.3 Å². The van der Waals surface area contributed by atoms with Crippen LogP contribution in [-0.4, -0.2) is 28.8 Å². The summed E-state index contributed by atoms with van der Waals surface area (Å²) < 4.78 is 6.39. The molecule has 0 amide bonds. The zero-order valence-corrected chi connectivity index (χ0v) is 13.6. The van der Waals surface area contributed by atoms with E-state index in [4.69, 9.17) is 4.74 Å². The molecule has 2 heterocycles. The molecular formula is C15H14N4O7. The van der Waals surface area contributed by atoms with Gasteiger partial charge in [-0.05, 0) is 19.1 Å². The summed E-state index contributed by atoms with van der Waals surface area (Å²) in [5, 5.41) is 32.9. The number of nitrogens with zero attached hydrogens (tertiary/aromatic N) is 4. The maximum absolute atomic E-state index is 12.2. The minimum Gasteiger partial charge on any atom is -0.711 e. The molecule has 1 atom stereocenters. The average molecular weight is 362 g/mol. The summed E-state index contributed by atoms with van der Waals surface area (Å²) >= 11 is 0. The molecule has 0 saturated carbocycles. The highest BCUT2D eigenvalue weighted by atomic mass is 17.0. The largest absolute Gasteiger partial charge is 0.711 e. The minimum absolute atomic E-state index is 0.0151. The molecule has 0 aliphatic carbocycles. The van der Waals surface area contributed by atoms with Crippen molar-refractivity contribution in [2.45, 2.75) is 12.5 Å². The highest BCUT2D eigenvalue weighted by Crippen LogP contribution is 2.42. The molecule has 0 saturated heterocycles. The highest BCUT2D eigenvalue weighted by Gasteiger charge is 2.43. The first-order chi connectivity index (χ1) is 12.3. The predicted octanol–water partition coefficient (Wildman–Crippen LogP) is 1.73. The molecule has 1 aromatic heterocycles. The van der Waals surface area contributed by atoms with E-state index in [1.807, 2.05) is 0 Å². The number of rotatable bonds is 5. The third-order valence-electron chi connectivity index (χ3n) is 3.85. The summed E-state index contributed by atoms with van der Waals surface area (Å²) in [6.07, 6.45) is 1.28. The van der Waals surface area contributed by atoms with Crippen LogP contribution in [0.15, 0.2) is 42.6 Å². The molecule has 11 heteroatoms. The lowest BCUT2D eigenvalue weighted by Gasteiger charge is -2.37. The third kappa shape index (κ3) is 3.27. The van der Waals surface area contributed by atoms with E-state index in [2.05, 4.69) is 4.84 Å². The Morgan fingerprint density at radius 3 is 2.73 bits per heavy atom. The second-order valence-corrected chi connectivity index (χ2v) is 5.93. The van der Waals surface area contributed by atoms with E-state index in [1.54, 1.807) is 19.1 Å². The Labute approximate surface area is 146 Å². The number of benzene rings is 1. The van der Waals surface area contributed by atoms with Crippen LogP contribution in [0.1, 0.15) is 6.92 Å². The molecule has 1 aromatic carbocycles. The van der Waals surface area contributed by atoms with Crippen LogP contribution in [0.4, 0.5) is 17.2 Å². The van der Waals surface area contributed by atoms with Gasteiger partial charge in [0.2, 0.25) is 0 Å². The van der Waals surface area contributed by atoms with Gasteiger partial charge in [0.05, 0.1) is 17.2 Å². The number of fused-ring (bicyclic) bond motifs is 1. The molecule has 0 fully saturated rings. The van der Waals surface area contributed by atoms with Gasteiger partial charge in [0, 0.05) is 12.1 Å². The zero-order chi connectivity index (χ0) is 18.9. The molecule has 0 bridgehead atoms. The van der Waals surface area contributed by atoms with Crippen molar-refractivity contribution >= 4 is 17.2 Å². The van der Waals surface area contributed by atoms with Crippen LogP contribution in [-0.2, 0) is 4.84 Å². The Hall–Kier alpha value is -3.63. The summed E-state index contributed by atoms with van der Waals surface area (Å²) in [7, 11) is 0. The number of nitro benzene ring substituents is 1. The van der Waals surface area contributed by atoms with E-state index in [1.165, 1.54) is 35.4 Å². The lowest BCUT2D eigenvalue weighted by molar-refractivity contribution is -0.760. The molecule has 1 unspecified atom stereocenters. The van der Waals surface area contributed by atoms with Gasteiger partial charge in [-0.1, -0.05) is 6.07 Å². The fourth-order valence-electron chi connectivity index (χ4n) is 2.73. The summed E-state index contributed by atoms with van der Waals surface area (Å²) in [5.41, 5.74) is -1.01. The molecule has 26 heavy (non-hydrogen) atoms. The summed E-state index contributed by atoms with van der Waals surface area (Å²) in [4.78, 5) is 27.0. The number of anilines is 2. The molecule has 11 nitrogen and oxygen atoms in total. The summed E-state index contributed by atoms with van der Waals surface area (Å²) in [5.74, 6) is 0.449. The zero-order valence-electron chi connectivity index (χ0n) is 13.6. The first-order valence-electron chi connectivity index (χ1n) is 7.50. The summed E-state index contributed by atoms with van der Waals surface area (Å²) in [6, 6.07) is 8.66. The monoisotopic (exact) mass is 362 g/mol. The second kappa shape index (κ2) is 6.35. The normalized spacial score (nSPS) is 18.6. The smallest absolute Gasteiger partial charge is 0.294 e. The lowest BCUT2D eigenvalue weighted by Crippen LogP contribution is -2.53. The Kier molecular flexibility index (Phi) is 4.20. The highest BCUT2D eigenvalue weighted by molar-refractivity contribution is 5.70. The van der Waals surface area contributed by atoms with Crippen molar-refractivity contribution in [2.24, 2.45) is 0 Å². The van der Waals surface area contributed by atoms with Gasteiger partial charge >= 0.3 is 0 Å². The first-order valence-corrected chi connectivity index (χ1v) is 7.50. The molecule has 136 valence electrons. The Morgan fingerprint density at radius 1 is 1.31 bits per heavy atom. The molecule has 1 aliphatic heterocycles. The van der Waals surface area contributed by atoms with Crippen LogP contribution in [0, 0.1) is 25.4 Å². The number of non-ortho nitro benzene ring substituents is 1. The van der Waals surface area contributed by atoms with E-state index in [0.717, 1.165) is 0 Å². The van der Waals surface area contributed by atoms with Crippen LogP contribution >= 0.6 is 0 Å². The van der Waals surface area contributed by atoms with Gasteiger partial charge in [0.1, 0.15) is 13.2 Å². The summed E-state index contributed by atoms with van der Waals surface area (Å²) in [6.45, 7) is 1.23. The Balaban J connectivity index is 2.08. The van der Waals surface area contributed by atoms with E-state index in [-0.39, 0.29) is 30.4 Å². The van der Waals surface area contributed by atoms with E-state index < -0.39 is 15.6 Å². The molecular weight excluding hydrogens is 348 g/mol. The van der Waals surface area contributed by atoms with Gasteiger partial charge in [0.25, 0.3) is 16.6 Å². The topological polar surface area (TPSA) is 135 Å². The van der Waals surface area contributed by atoms with Crippen molar-refractivity contribution in [3.05, 3.63) is 68.0 Å². The van der Waals surface area contributed by atoms with Crippen molar-refractivity contribution in [1.29, 1.82) is 0 Å². The molecule has 2 aromatic rings. The number of hydrogen-bond acceptors (Lipinski definition) is 8. The number of aromatic nitrogens is 1. The predicted molar refractivity (Wildman–Crippen MR) is 87.5 cm³/mol. The first kappa shape index (κ1) is 17.2. The van der Waals surface area contributed by atoms with E-state index >= 15 is 0 Å². The minimum atomic E-state index is -1.15. The van der Waals surface area contributed by atoms with Crippen molar-refractivity contribution in [3.8, 4) is 5.75 Å². The SMILES string of the molecule is CC1(CO[N+](=O)[O-])CN(c2cccc[n+]2[O-])c2cc([N+](=O)[O-])ccc2O1. The number of ether oxygens (including phenoxy) is 1. The molecule has 3 rings (SSSR count). The lowest BCUT2D eigenvalue weighted by atomic mass is 10.0. The third-order valence-corrected chi connectivity index (χ3v) is 3.85. The second-order valence-electron chi connectivity index (χ2n) is 5.93. The molecule has 0 spiro atoms.